The maximum atomic E-state index is 12.0. The third-order valence-electron chi connectivity index (χ3n) is 4.10. The van der Waals surface area contributed by atoms with Crippen LogP contribution in [-0.4, -0.2) is 36.5 Å². The van der Waals surface area contributed by atoms with E-state index in [0.717, 1.165) is 12.0 Å². The summed E-state index contributed by atoms with van der Waals surface area (Å²) in [6, 6.07) is 9.63. The van der Waals surface area contributed by atoms with E-state index in [1.807, 2.05) is 30.3 Å². The molecule has 1 unspecified atom stereocenters. The third kappa shape index (κ3) is 2.61. The van der Waals surface area contributed by atoms with E-state index in [0.29, 0.717) is 32.7 Å². The van der Waals surface area contributed by atoms with Gasteiger partial charge in [0, 0.05) is 31.5 Å². The molecule has 2 aliphatic rings. The van der Waals surface area contributed by atoms with Crippen LogP contribution in [0.2, 0.25) is 0 Å². The predicted octanol–water partition coefficient (Wildman–Crippen LogP) is 1.54. The zero-order valence-electron chi connectivity index (χ0n) is 11.3. The molecule has 2 fully saturated rings. The molecule has 1 aromatic carbocycles. The van der Waals surface area contributed by atoms with Gasteiger partial charge >= 0.3 is 6.09 Å². The lowest BCUT2D eigenvalue weighted by Gasteiger charge is -2.21. The lowest BCUT2D eigenvalue weighted by Crippen LogP contribution is -2.33. The lowest BCUT2D eigenvalue weighted by atomic mass is 9.86. The molecule has 0 aliphatic carbocycles. The fourth-order valence-corrected chi connectivity index (χ4v) is 2.94. The fourth-order valence-electron chi connectivity index (χ4n) is 2.94. The third-order valence-corrected chi connectivity index (χ3v) is 4.10. The smallest absolute Gasteiger partial charge is 0.410 e. The molecule has 0 saturated carbocycles. The molecule has 0 bridgehead atoms. The number of rotatable bonds is 2. The predicted molar refractivity (Wildman–Crippen MR) is 72.9 cm³/mol. The number of carbonyl (C=O) groups excluding carboxylic acids is 2. The Bertz CT molecular complexity index is 517. The molecule has 3 rings (SSSR count). The van der Waals surface area contributed by atoms with Crippen LogP contribution in [0.4, 0.5) is 4.79 Å². The van der Waals surface area contributed by atoms with E-state index in [1.165, 1.54) is 0 Å². The molecule has 0 radical (unpaired) electrons. The van der Waals surface area contributed by atoms with Crippen LogP contribution in [0.25, 0.3) is 0 Å². The van der Waals surface area contributed by atoms with Crippen LogP contribution >= 0.6 is 0 Å². The van der Waals surface area contributed by atoms with Crippen LogP contribution in [0.3, 0.4) is 0 Å². The zero-order valence-corrected chi connectivity index (χ0v) is 11.3. The first-order valence-electron chi connectivity index (χ1n) is 6.89. The van der Waals surface area contributed by atoms with Crippen LogP contribution in [0.5, 0.6) is 0 Å². The number of hydrogen-bond acceptors (Lipinski definition) is 3. The summed E-state index contributed by atoms with van der Waals surface area (Å²) < 4.78 is 5.32. The normalized spacial score (nSPS) is 25.0. The van der Waals surface area contributed by atoms with Gasteiger partial charge in [0.25, 0.3) is 0 Å². The minimum atomic E-state index is -0.287. The molecule has 5 nitrogen and oxygen atoms in total. The molecule has 5 heteroatoms. The van der Waals surface area contributed by atoms with Crippen molar-refractivity contribution in [2.75, 3.05) is 19.6 Å². The van der Waals surface area contributed by atoms with Gasteiger partial charge in [-0.05, 0) is 12.0 Å². The molecule has 1 atom stereocenters. The van der Waals surface area contributed by atoms with Gasteiger partial charge in [-0.3, -0.25) is 4.79 Å². The van der Waals surface area contributed by atoms with Crippen molar-refractivity contribution < 1.29 is 14.3 Å². The summed E-state index contributed by atoms with van der Waals surface area (Å²) >= 11 is 0. The van der Waals surface area contributed by atoms with Crippen LogP contribution in [0.1, 0.15) is 18.4 Å². The molecule has 106 valence electrons. The number of hydrogen-bond donors (Lipinski definition) is 1. The molecule has 20 heavy (non-hydrogen) atoms. The summed E-state index contributed by atoms with van der Waals surface area (Å²) in [7, 11) is 0. The second kappa shape index (κ2) is 5.15. The van der Waals surface area contributed by atoms with Gasteiger partial charge in [0.05, 0.1) is 0 Å². The van der Waals surface area contributed by atoms with E-state index in [4.69, 9.17) is 4.74 Å². The summed E-state index contributed by atoms with van der Waals surface area (Å²) in [6.07, 6.45) is 1.10. The van der Waals surface area contributed by atoms with Gasteiger partial charge in [-0.2, -0.15) is 0 Å². The quantitative estimate of drug-likeness (QED) is 0.890. The first-order valence-corrected chi connectivity index (χ1v) is 6.89. The van der Waals surface area contributed by atoms with Gasteiger partial charge in [0.2, 0.25) is 5.91 Å². The van der Waals surface area contributed by atoms with E-state index < -0.39 is 0 Å². The Hall–Kier alpha value is -2.04. The molecular weight excluding hydrogens is 256 g/mol. The molecule has 0 aromatic heterocycles. The van der Waals surface area contributed by atoms with Crippen molar-refractivity contribution in [2.45, 2.75) is 19.4 Å². The van der Waals surface area contributed by atoms with Crippen LogP contribution in [0, 0.1) is 5.41 Å². The minimum absolute atomic E-state index is 0.0666. The average Bonchev–Trinajstić information content (AvgIpc) is 3.04. The number of likely N-dealkylation sites (tertiary alicyclic amines) is 1. The summed E-state index contributed by atoms with van der Waals surface area (Å²) in [5.41, 5.74) is 0.913. The minimum Gasteiger partial charge on any atom is -0.445 e. The Morgan fingerprint density at radius 1 is 1.35 bits per heavy atom. The molecule has 1 spiro atoms. The maximum Gasteiger partial charge on any atom is 0.410 e. The second-order valence-corrected chi connectivity index (χ2v) is 5.67. The summed E-state index contributed by atoms with van der Waals surface area (Å²) in [6.45, 7) is 2.25. The number of nitrogens with one attached hydrogen (secondary N) is 1. The molecule has 2 aliphatic heterocycles. The van der Waals surface area contributed by atoms with Gasteiger partial charge in [-0.25, -0.2) is 4.79 Å². The molecule has 2 amide bonds. The van der Waals surface area contributed by atoms with Crippen molar-refractivity contribution in [3.8, 4) is 0 Å². The Balaban J connectivity index is 1.53. The Labute approximate surface area is 117 Å². The summed E-state index contributed by atoms with van der Waals surface area (Å²) in [4.78, 5) is 25.1. The first-order chi connectivity index (χ1) is 9.67. The maximum absolute atomic E-state index is 12.0. The van der Waals surface area contributed by atoms with Gasteiger partial charge in [-0.1, -0.05) is 30.3 Å². The highest BCUT2D eigenvalue weighted by Gasteiger charge is 2.45. The highest BCUT2D eigenvalue weighted by atomic mass is 16.6. The zero-order chi connectivity index (χ0) is 14.0. The molecule has 1 aromatic rings. The number of amides is 2. The van der Waals surface area contributed by atoms with Gasteiger partial charge in [-0.15, -0.1) is 0 Å². The standard InChI is InChI=1S/C15H18N2O3/c18-13-8-15(10-16-13)6-7-17(11-15)14(19)20-9-12-4-2-1-3-5-12/h1-5H,6-11H2,(H,16,18). The monoisotopic (exact) mass is 274 g/mol. The number of ether oxygens (including phenoxy) is 1. The number of benzene rings is 1. The Morgan fingerprint density at radius 2 is 2.15 bits per heavy atom. The first kappa shape index (κ1) is 13.0. The Morgan fingerprint density at radius 3 is 2.85 bits per heavy atom. The van der Waals surface area contributed by atoms with Gasteiger partial charge in [0.15, 0.2) is 0 Å². The van der Waals surface area contributed by atoms with Crippen molar-refractivity contribution in [1.29, 1.82) is 0 Å². The SMILES string of the molecule is O=C1CC2(CCN(C(=O)OCc3ccccc3)C2)CN1. The van der Waals surface area contributed by atoms with Gasteiger partial charge < -0.3 is 15.0 Å². The number of carbonyl (C=O) groups is 2. The highest BCUT2D eigenvalue weighted by molar-refractivity contribution is 5.79. The number of nitrogens with zero attached hydrogens (tertiary/aromatic N) is 1. The summed E-state index contributed by atoms with van der Waals surface area (Å²) in [5.74, 6) is 0.0875. The van der Waals surface area contributed by atoms with Crippen molar-refractivity contribution >= 4 is 12.0 Å². The van der Waals surface area contributed by atoms with E-state index in [-0.39, 0.29) is 17.4 Å². The van der Waals surface area contributed by atoms with Crippen LogP contribution in [0.15, 0.2) is 30.3 Å². The topological polar surface area (TPSA) is 58.6 Å². The molecule has 2 heterocycles. The fraction of sp³-hybridized carbons (Fsp3) is 0.467. The molecule has 2 saturated heterocycles. The van der Waals surface area contributed by atoms with E-state index in [1.54, 1.807) is 4.90 Å². The second-order valence-electron chi connectivity index (χ2n) is 5.67. The largest absolute Gasteiger partial charge is 0.445 e. The molecule has 1 N–H and O–H groups in total. The van der Waals surface area contributed by atoms with Gasteiger partial charge in [0.1, 0.15) is 6.61 Å². The Kier molecular flexibility index (Phi) is 3.34. The van der Waals surface area contributed by atoms with E-state index >= 15 is 0 Å². The van der Waals surface area contributed by atoms with Crippen molar-refractivity contribution in [3.05, 3.63) is 35.9 Å². The van der Waals surface area contributed by atoms with Crippen molar-refractivity contribution in [3.63, 3.8) is 0 Å². The van der Waals surface area contributed by atoms with Crippen LogP contribution in [-0.2, 0) is 16.1 Å². The molecular formula is C15H18N2O3. The lowest BCUT2D eigenvalue weighted by molar-refractivity contribution is -0.119. The van der Waals surface area contributed by atoms with E-state index in [9.17, 15) is 9.59 Å². The van der Waals surface area contributed by atoms with Crippen molar-refractivity contribution in [1.82, 2.24) is 10.2 Å². The van der Waals surface area contributed by atoms with Crippen molar-refractivity contribution in [2.24, 2.45) is 5.41 Å². The van der Waals surface area contributed by atoms with E-state index in [2.05, 4.69) is 5.32 Å². The highest BCUT2D eigenvalue weighted by Crippen LogP contribution is 2.36. The average molecular weight is 274 g/mol. The van der Waals surface area contributed by atoms with Crippen LogP contribution < -0.4 is 5.32 Å². The summed E-state index contributed by atoms with van der Waals surface area (Å²) in [5, 5.41) is 2.85.